The number of carbonyl (C=O) groups is 1. The van der Waals surface area contributed by atoms with E-state index in [0.29, 0.717) is 24.2 Å². The van der Waals surface area contributed by atoms with Gasteiger partial charge in [-0.15, -0.1) is 0 Å². The lowest BCUT2D eigenvalue weighted by Crippen LogP contribution is -2.34. The highest BCUT2D eigenvalue weighted by atomic mass is 35.5. The van der Waals surface area contributed by atoms with Crippen molar-refractivity contribution in [3.05, 3.63) is 58.6 Å². The summed E-state index contributed by atoms with van der Waals surface area (Å²) in [6.45, 7) is 0.372. The van der Waals surface area contributed by atoms with Gasteiger partial charge in [-0.2, -0.15) is 0 Å². The highest BCUT2D eigenvalue weighted by Gasteiger charge is 2.32. The van der Waals surface area contributed by atoms with Crippen molar-refractivity contribution in [2.24, 2.45) is 0 Å². The first-order valence-corrected chi connectivity index (χ1v) is 12.0. The Balaban J connectivity index is 1.60. The summed E-state index contributed by atoms with van der Waals surface area (Å²) in [4.78, 5) is 12.7. The van der Waals surface area contributed by atoms with Crippen LogP contribution >= 0.6 is 11.6 Å². The number of hydrogen-bond acceptors (Lipinski definition) is 3. The van der Waals surface area contributed by atoms with E-state index in [1.165, 1.54) is 29.3 Å². The van der Waals surface area contributed by atoms with Crippen molar-refractivity contribution in [1.29, 1.82) is 0 Å². The molecule has 4 rings (SSSR count). The summed E-state index contributed by atoms with van der Waals surface area (Å²) < 4.78 is 28.1. The van der Waals surface area contributed by atoms with Crippen molar-refractivity contribution < 1.29 is 13.2 Å². The second kappa shape index (κ2) is 8.36. The highest BCUT2D eigenvalue weighted by Crippen LogP contribution is 2.35. The van der Waals surface area contributed by atoms with Crippen LogP contribution in [0.25, 0.3) is 0 Å². The van der Waals surface area contributed by atoms with Crippen LogP contribution in [0.3, 0.4) is 0 Å². The molecule has 0 saturated heterocycles. The van der Waals surface area contributed by atoms with Gasteiger partial charge < -0.3 is 5.32 Å². The van der Waals surface area contributed by atoms with E-state index in [1.54, 1.807) is 12.1 Å². The minimum absolute atomic E-state index is 0.0237. The van der Waals surface area contributed by atoms with E-state index in [-0.39, 0.29) is 21.9 Å². The van der Waals surface area contributed by atoms with Gasteiger partial charge in [0, 0.05) is 18.2 Å². The van der Waals surface area contributed by atoms with Crippen molar-refractivity contribution in [2.45, 2.75) is 55.9 Å². The molecule has 0 spiro atoms. The van der Waals surface area contributed by atoms with Crippen molar-refractivity contribution in [3.63, 3.8) is 0 Å². The number of nitrogens with one attached hydrogen (secondary N) is 1. The standard InChI is InChI=1S/C22H25ClN2O3S/c23-19-12-11-17(22(26)24-18-8-3-1-2-4-9-18)15-21(19)29(27,28)25-14-13-16-7-5-6-10-20(16)25/h5-7,10-12,15,18H,1-4,8-9,13-14H2,(H,24,26). The predicted molar refractivity (Wildman–Crippen MR) is 115 cm³/mol. The Morgan fingerprint density at radius 3 is 2.52 bits per heavy atom. The third-order valence-corrected chi connectivity index (χ3v) is 8.09. The van der Waals surface area contributed by atoms with E-state index in [9.17, 15) is 13.2 Å². The lowest BCUT2D eigenvalue weighted by Gasteiger charge is -2.21. The molecule has 7 heteroatoms. The molecule has 1 heterocycles. The van der Waals surface area contributed by atoms with Crippen molar-refractivity contribution in [1.82, 2.24) is 5.32 Å². The predicted octanol–water partition coefficient (Wildman–Crippen LogP) is 4.54. The molecule has 1 aliphatic carbocycles. The lowest BCUT2D eigenvalue weighted by atomic mass is 10.1. The van der Waals surface area contributed by atoms with Gasteiger partial charge in [-0.25, -0.2) is 8.42 Å². The molecular formula is C22H25ClN2O3S. The van der Waals surface area contributed by atoms with Crippen LogP contribution in [0.15, 0.2) is 47.4 Å². The number of fused-ring (bicyclic) bond motifs is 1. The van der Waals surface area contributed by atoms with Crippen molar-refractivity contribution in [2.75, 3.05) is 10.8 Å². The van der Waals surface area contributed by atoms with Gasteiger partial charge in [0.1, 0.15) is 4.90 Å². The summed E-state index contributed by atoms with van der Waals surface area (Å²) in [6.07, 6.45) is 7.22. The molecule has 0 atom stereocenters. The fourth-order valence-electron chi connectivity index (χ4n) is 4.21. The van der Waals surface area contributed by atoms with Crippen molar-refractivity contribution in [3.8, 4) is 0 Å². The van der Waals surface area contributed by atoms with Gasteiger partial charge in [-0.3, -0.25) is 9.10 Å². The van der Waals surface area contributed by atoms with Crippen LogP contribution in [-0.4, -0.2) is 26.9 Å². The fraction of sp³-hybridized carbons (Fsp3) is 0.409. The topological polar surface area (TPSA) is 66.5 Å². The maximum absolute atomic E-state index is 13.3. The smallest absolute Gasteiger partial charge is 0.265 e. The minimum Gasteiger partial charge on any atom is -0.349 e. The summed E-state index contributed by atoms with van der Waals surface area (Å²) in [5.41, 5.74) is 2.00. The SMILES string of the molecule is O=C(NC1CCCCCC1)c1ccc(Cl)c(S(=O)(=O)N2CCc3ccccc32)c1. The van der Waals surface area contributed by atoms with E-state index in [0.717, 1.165) is 31.2 Å². The van der Waals surface area contributed by atoms with Gasteiger partial charge in [-0.1, -0.05) is 55.5 Å². The van der Waals surface area contributed by atoms with Crippen LogP contribution in [-0.2, 0) is 16.4 Å². The highest BCUT2D eigenvalue weighted by molar-refractivity contribution is 7.93. The van der Waals surface area contributed by atoms with Crippen LogP contribution < -0.4 is 9.62 Å². The number of para-hydroxylation sites is 1. The van der Waals surface area contributed by atoms with Crippen molar-refractivity contribution >= 4 is 33.2 Å². The Morgan fingerprint density at radius 2 is 1.76 bits per heavy atom. The second-order valence-electron chi connectivity index (χ2n) is 7.76. The van der Waals surface area contributed by atoms with E-state index < -0.39 is 10.0 Å². The first-order chi connectivity index (χ1) is 14.0. The summed E-state index contributed by atoms with van der Waals surface area (Å²) in [7, 11) is -3.86. The molecule has 2 aromatic rings. The third kappa shape index (κ3) is 4.14. The van der Waals surface area contributed by atoms with E-state index >= 15 is 0 Å². The van der Waals surface area contributed by atoms with Gasteiger partial charge in [-0.05, 0) is 49.1 Å². The monoisotopic (exact) mass is 432 g/mol. The largest absolute Gasteiger partial charge is 0.349 e. The van der Waals surface area contributed by atoms with Crippen LogP contribution in [0, 0.1) is 0 Å². The molecule has 1 aliphatic heterocycles. The molecule has 1 amide bonds. The summed E-state index contributed by atoms with van der Waals surface area (Å²) >= 11 is 6.27. The van der Waals surface area contributed by atoms with E-state index in [2.05, 4.69) is 5.32 Å². The zero-order valence-corrected chi connectivity index (χ0v) is 17.8. The molecule has 0 aromatic heterocycles. The molecule has 2 aliphatic rings. The first-order valence-electron chi connectivity index (χ1n) is 10.2. The average Bonchev–Trinajstić information content (AvgIpc) is 2.99. The van der Waals surface area contributed by atoms with E-state index in [4.69, 9.17) is 11.6 Å². The number of sulfonamides is 1. The van der Waals surface area contributed by atoms with Crippen LogP contribution in [0.4, 0.5) is 5.69 Å². The quantitative estimate of drug-likeness (QED) is 0.721. The number of nitrogens with zero attached hydrogens (tertiary/aromatic N) is 1. The second-order valence-corrected chi connectivity index (χ2v) is 10.0. The van der Waals surface area contributed by atoms with Gasteiger partial charge in [0.15, 0.2) is 0 Å². The molecule has 154 valence electrons. The number of carbonyl (C=O) groups excluding carboxylic acids is 1. The fourth-order valence-corrected chi connectivity index (χ4v) is 6.22. The summed E-state index contributed by atoms with van der Waals surface area (Å²) in [6, 6.07) is 12.1. The normalized spacial score (nSPS) is 17.6. The van der Waals surface area contributed by atoms with E-state index in [1.807, 2.05) is 18.2 Å². The van der Waals surface area contributed by atoms with Gasteiger partial charge in [0.2, 0.25) is 0 Å². The zero-order valence-electron chi connectivity index (χ0n) is 16.2. The van der Waals surface area contributed by atoms with Crippen LogP contribution in [0.5, 0.6) is 0 Å². The van der Waals surface area contributed by atoms with Crippen LogP contribution in [0.2, 0.25) is 5.02 Å². The minimum atomic E-state index is -3.86. The molecule has 0 unspecified atom stereocenters. The van der Waals surface area contributed by atoms with Crippen LogP contribution in [0.1, 0.15) is 54.4 Å². The Morgan fingerprint density at radius 1 is 1.03 bits per heavy atom. The number of amides is 1. The van der Waals surface area contributed by atoms with Gasteiger partial charge >= 0.3 is 0 Å². The number of halogens is 1. The number of benzene rings is 2. The Labute approximate surface area is 177 Å². The molecular weight excluding hydrogens is 408 g/mol. The molecule has 1 N–H and O–H groups in total. The maximum atomic E-state index is 13.3. The number of rotatable bonds is 4. The van der Waals surface area contributed by atoms with Gasteiger partial charge in [0.05, 0.1) is 10.7 Å². The molecule has 5 nitrogen and oxygen atoms in total. The molecule has 1 saturated carbocycles. The third-order valence-electron chi connectivity index (χ3n) is 5.80. The summed E-state index contributed by atoms with van der Waals surface area (Å²) in [5.74, 6) is -0.244. The summed E-state index contributed by atoms with van der Waals surface area (Å²) in [5, 5.41) is 3.19. The number of hydrogen-bond donors (Lipinski definition) is 1. The lowest BCUT2D eigenvalue weighted by molar-refractivity contribution is 0.0933. The molecule has 1 fully saturated rings. The molecule has 0 radical (unpaired) electrons. The zero-order chi connectivity index (χ0) is 20.4. The number of anilines is 1. The Bertz CT molecular complexity index is 1010. The van der Waals surface area contributed by atoms with Gasteiger partial charge in [0.25, 0.3) is 15.9 Å². The molecule has 29 heavy (non-hydrogen) atoms. The Hall–Kier alpha value is -2.05. The molecule has 2 aromatic carbocycles. The maximum Gasteiger partial charge on any atom is 0.265 e. The Kier molecular flexibility index (Phi) is 5.83. The average molecular weight is 433 g/mol. The molecule has 0 bridgehead atoms. The first kappa shape index (κ1) is 20.2.